The summed E-state index contributed by atoms with van der Waals surface area (Å²) in [4.78, 5) is 11.5. The smallest absolute Gasteiger partial charge is 0.239 e. The average Bonchev–Trinajstić information content (AvgIpc) is 2.28. The molecule has 0 saturated heterocycles. The summed E-state index contributed by atoms with van der Waals surface area (Å²) in [6.45, 7) is 6.48. The Bertz CT molecular complexity index is 341. The van der Waals surface area contributed by atoms with Crippen molar-refractivity contribution >= 4 is 5.91 Å². The first kappa shape index (κ1) is 13.7. The highest BCUT2D eigenvalue weighted by Crippen LogP contribution is 2.11. The minimum Gasteiger partial charge on any atom is -0.291 e. The second kappa shape index (κ2) is 6.40. The van der Waals surface area contributed by atoms with Crippen molar-refractivity contribution in [1.82, 2.24) is 10.9 Å². The fourth-order valence-corrected chi connectivity index (χ4v) is 1.36. The summed E-state index contributed by atoms with van der Waals surface area (Å²) in [5.41, 5.74) is 6.67. The van der Waals surface area contributed by atoms with Crippen LogP contribution in [-0.4, -0.2) is 12.5 Å². The zero-order chi connectivity index (χ0) is 12.7. The number of carbonyl (C=O) groups is 1. The van der Waals surface area contributed by atoms with E-state index in [-0.39, 0.29) is 11.3 Å². The van der Waals surface area contributed by atoms with Crippen molar-refractivity contribution in [1.29, 1.82) is 0 Å². The minimum absolute atomic E-state index is 0.0252. The number of hydrogen-bond acceptors (Lipinski definition) is 2. The van der Waals surface area contributed by atoms with E-state index in [4.69, 9.17) is 0 Å². The molecule has 1 rings (SSSR count). The fourth-order valence-electron chi connectivity index (χ4n) is 1.36. The third-order valence-electron chi connectivity index (χ3n) is 2.49. The van der Waals surface area contributed by atoms with Gasteiger partial charge >= 0.3 is 0 Å². The molecule has 3 nitrogen and oxygen atoms in total. The number of carbonyl (C=O) groups excluding carboxylic acids is 1. The number of hydrazine groups is 1. The van der Waals surface area contributed by atoms with Crippen LogP contribution in [0.15, 0.2) is 30.3 Å². The SMILES string of the molecule is CC(C)(C)C(=O)NNCCCc1ccccc1. The number of hydrogen-bond donors (Lipinski definition) is 2. The molecule has 0 aromatic heterocycles. The van der Waals surface area contributed by atoms with Gasteiger partial charge in [0.1, 0.15) is 0 Å². The van der Waals surface area contributed by atoms with Gasteiger partial charge in [0.05, 0.1) is 0 Å². The van der Waals surface area contributed by atoms with Gasteiger partial charge in [-0.1, -0.05) is 51.1 Å². The van der Waals surface area contributed by atoms with Crippen LogP contribution in [0.1, 0.15) is 32.8 Å². The van der Waals surface area contributed by atoms with Gasteiger partial charge in [-0.3, -0.25) is 10.2 Å². The van der Waals surface area contributed by atoms with Gasteiger partial charge in [0.2, 0.25) is 5.91 Å². The van der Waals surface area contributed by atoms with Crippen molar-refractivity contribution in [3.8, 4) is 0 Å². The van der Waals surface area contributed by atoms with Crippen LogP contribution < -0.4 is 10.9 Å². The molecule has 1 amide bonds. The molecule has 1 aromatic rings. The van der Waals surface area contributed by atoms with E-state index in [1.807, 2.05) is 39.0 Å². The molecule has 0 bridgehead atoms. The molecule has 0 heterocycles. The van der Waals surface area contributed by atoms with Crippen LogP contribution in [0.5, 0.6) is 0 Å². The Morgan fingerprint density at radius 1 is 1.18 bits per heavy atom. The van der Waals surface area contributed by atoms with Gasteiger partial charge in [-0.05, 0) is 18.4 Å². The van der Waals surface area contributed by atoms with Crippen LogP contribution in [0.25, 0.3) is 0 Å². The van der Waals surface area contributed by atoms with Crippen LogP contribution in [0.4, 0.5) is 0 Å². The monoisotopic (exact) mass is 234 g/mol. The lowest BCUT2D eigenvalue weighted by Crippen LogP contribution is -2.44. The Balaban J connectivity index is 2.12. The molecule has 3 heteroatoms. The average molecular weight is 234 g/mol. The summed E-state index contributed by atoms with van der Waals surface area (Å²) >= 11 is 0. The highest BCUT2D eigenvalue weighted by Gasteiger charge is 2.20. The maximum Gasteiger partial charge on any atom is 0.239 e. The maximum atomic E-state index is 11.5. The molecule has 0 saturated carbocycles. The normalized spacial score (nSPS) is 11.2. The fraction of sp³-hybridized carbons (Fsp3) is 0.500. The van der Waals surface area contributed by atoms with E-state index in [1.54, 1.807) is 0 Å². The Morgan fingerprint density at radius 2 is 1.82 bits per heavy atom. The zero-order valence-electron chi connectivity index (χ0n) is 10.9. The molecule has 0 radical (unpaired) electrons. The van der Waals surface area contributed by atoms with Gasteiger partial charge in [0.15, 0.2) is 0 Å². The summed E-state index contributed by atoms with van der Waals surface area (Å²) in [7, 11) is 0. The first-order valence-electron chi connectivity index (χ1n) is 6.07. The van der Waals surface area contributed by atoms with Crippen LogP contribution in [0.3, 0.4) is 0 Å². The van der Waals surface area contributed by atoms with Gasteiger partial charge in [-0.2, -0.15) is 0 Å². The molecule has 0 aliphatic rings. The predicted molar refractivity (Wildman–Crippen MR) is 70.4 cm³/mol. The van der Waals surface area contributed by atoms with Crippen molar-refractivity contribution in [2.45, 2.75) is 33.6 Å². The minimum atomic E-state index is -0.341. The van der Waals surface area contributed by atoms with Gasteiger partial charge < -0.3 is 0 Å². The van der Waals surface area contributed by atoms with Crippen molar-refractivity contribution in [2.75, 3.05) is 6.54 Å². The third-order valence-corrected chi connectivity index (χ3v) is 2.49. The molecular formula is C14H22N2O. The molecule has 0 aliphatic carbocycles. The van der Waals surface area contributed by atoms with Crippen molar-refractivity contribution < 1.29 is 4.79 Å². The summed E-state index contributed by atoms with van der Waals surface area (Å²) in [5, 5.41) is 0. The highest BCUT2D eigenvalue weighted by atomic mass is 16.2. The van der Waals surface area contributed by atoms with E-state index < -0.39 is 0 Å². The quantitative estimate of drug-likeness (QED) is 0.606. The third kappa shape index (κ3) is 5.50. The van der Waals surface area contributed by atoms with Gasteiger partial charge in [-0.15, -0.1) is 0 Å². The Kier molecular flexibility index (Phi) is 5.16. The zero-order valence-corrected chi connectivity index (χ0v) is 10.9. The van der Waals surface area contributed by atoms with Crippen molar-refractivity contribution in [3.05, 3.63) is 35.9 Å². The summed E-state index contributed by atoms with van der Waals surface area (Å²) in [6, 6.07) is 10.3. The summed E-state index contributed by atoms with van der Waals surface area (Å²) in [6.07, 6.45) is 2.04. The lowest BCUT2D eigenvalue weighted by atomic mass is 9.96. The molecule has 17 heavy (non-hydrogen) atoms. The highest BCUT2D eigenvalue weighted by molar-refractivity contribution is 5.80. The Hall–Kier alpha value is -1.35. The van der Waals surface area contributed by atoms with E-state index in [9.17, 15) is 4.79 Å². The first-order valence-corrected chi connectivity index (χ1v) is 6.07. The van der Waals surface area contributed by atoms with Crippen LogP contribution in [0.2, 0.25) is 0 Å². The van der Waals surface area contributed by atoms with Crippen molar-refractivity contribution in [2.24, 2.45) is 5.41 Å². The molecule has 0 aliphatic heterocycles. The summed E-state index contributed by atoms with van der Waals surface area (Å²) in [5.74, 6) is 0.0252. The van der Waals surface area contributed by atoms with E-state index in [1.165, 1.54) is 5.56 Å². The van der Waals surface area contributed by atoms with Crippen molar-refractivity contribution in [3.63, 3.8) is 0 Å². The molecule has 0 spiro atoms. The van der Waals surface area contributed by atoms with Crippen LogP contribution >= 0.6 is 0 Å². The summed E-state index contributed by atoms with van der Waals surface area (Å²) < 4.78 is 0. The standard InChI is InChI=1S/C14H22N2O/c1-14(2,3)13(17)16-15-11-7-10-12-8-5-4-6-9-12/h4-6,8-9,15H,7,10-11H2,1-3H3,(H,16,17). The Morgan fingerprint density at radius 3 is 2.41 bits per heavy atom. The molecule has 0 atom stereocenters. The lowest BCUT2D eigenvalue weighted by molar-refractivity contribution is -0.129. The molecule has 2 N–H and O–H groups in total. The second-order valence-corrected chi connectivity index (χ2v) is 5.22. The number of rotatable bonds is 5. The molecular weight excluding hydrogens is 212 g/mol. The van der Waals surface area contributed by atoms with E-state index in [0.29, 0.717) is 0 Å². The Labute approximate surface area is 104 Å². The topological polar surface area (TPSA) is 41.1 Å². The largest absolute Gasteiger partial charge is 0.291 e. The predicted octanol–water partition coefficient (Wildman–Crippen LogP) is 2.29. The van der Waals surface area contributed by atoms with E-state index >= 15 is 0 Å². The van der Waals surface area contributed by atoms with Gasteiger partial charge in [0, 0.05) is 12.0 Å². The number of amides is 1. The number of aryl methyl sites for hydroxylation is 1. The van der Waals surface area contributed by atoms with Gasteiger partial charge in [0.25, 0.3) is 0 Å². The van der Waals surface area contributed by atoms with E-state index in [0.717, 1.165) is 19.4 Å². The van der Waals surface area contributed by atoms with E-state index in [2.05, 4.69) is 23.0 Å². The second-order valence-electron chi connectivity index (χ2n) is 5.22. The first-order chi connectivity index (χ1) is 8.00. The molecule has 94 valence electrons. The molecule has 0 unspecified atom stereocenters. The lowest BCUT2D eigenvalue weighted by Gasteiger charge is -2.17. The van der Waals surface area contributed by atoms with Gasteiger partial charge in [-0.25, -0.2) is 5.43 Å². The molecule has 0 fully saturated rings. The number of nitrogens with one attached hydrogen (secondary N) is 2. The number of benzene rings is 1. The maximum absolute atomic E-state index is 11.5. The van der Waals surface area contributed by atoms with Crippen LogP contribution in [-0.2, 0) is 11.2 Å². The van der Waals surface area contributed by atoms with Crippen LogP contribution in [0, 0.1) is 5.41 Å². The molecule has 1 aromatic carbocycles.